The molecule has 0 radical (unpaired) electrons. The second kappa shape index (κ2) is 8.43. The van der Waals surface area contributed by atoms with Crippen LogP contribution in [0.3, 0.4) is 0 Å². The molecular weight excluding hydrogens is 296 g/mol. The maximum absolute atomic E-state index is 11.6. The van der Waals surface area contributed by atoms with Crippen molar-refractivity contribution in [2.24, 2.45) is 11.8 Å². The molecule has 0 aliphatic carbocycles. The normalized spacial score (nSPS) is 30.9. The lowest BCUT2D eigenvalue weighted by molar-refractivity contribution is -0.263. The quantitative estimate of drug-likeness (QED) is 0.754. The summed E-state index contributed by atoms with van der Waals surface area (Å²) in [7, 11) is 3.00. The van der Waals surface area contributed by atoms with Gasteiger partial charge in [-0.3, -0.25) is 4.79 Å². The van der Waals surface area contributed by atoms with Crippen LogP contribution in [0.2, 0.25) is 0 Å². The summed E-state index contributed by atoms with van der Waals surface area (Å²) in [6.45, 7) is 4.63. The van der Waals surface area contributed by atoms with Gasteiger partial charge in [-0.1, -0.05) is 44.2 Å². The molecule has 0 saturated carbocycles. The fraction of sp³-hybridized carbons (Fsp3) is 0.611. The van der Waals surface area contributed by atoms with Crippen LogP contribution in [0.15, 0.2) is 30.3 Å². The Kier molecular flexibility index (Phi) is 6.57. The van der Waals surface area contributed by atoms with E-state index in [1.54, 1.807) is 7.11 Å². The lowest BCUT2D eigenvalue weighted by Crippen LogP contribution is -2.51. The van der Waals surface area contributed by atoms with Crippen molar-refractivity contribution in [2.75, 3.05) is 14.2 Å². The van der Waals surface area contributed by atoms with Crippen LogP contribution in [0, 0.1) is 11.8 Å². The number of benzene rings is 1. The number of esters is 1. The van der Waals surface area contributed by atoms with Gasteiger partial charge >= 0.3 is 5.97 Å². The van der Waals surface area contributed by atoms with Crippen LogP contribution < -0.4 is 0 Å². The summed E-state index contributed by atoms with van der Waals surface area (Å²) in [6, 6.07) is 10.0. The van der Waals surface area contributed by atoms with Crippen molar-refractivity contribution in [3.05, 3.63) is 35.9 Å². The summed E-state index contributed by atoms with van der Waals surface area (Å²) in [6.07, 6.45) is -0.510. The number of hydrogen-bond acceptors (Lipinski definition) is 5. The van der Waals surface area contributed by atoms with Crippen LogP contribution >= 0.6 is 0 Å². The molecule has 1 aliphatic rings. The second-order valence-electron chi connectivity index (χ2n) is 6.04. The molecule has 5 heteroatoms. The molecule has 0 amide bonds. The van der Waals surface area contributed by atoms with Gasteiger partial charge in [-0.25, -0.2) is 0 Å². The van der Waals surface area contributed by atoms with Gasteiger partial charge in [0, 0.05) is 18.9 Å². The van der Waals surface area contributed by atoms with Crippen LogP contribution in [-0.2, 0) is 30.3 Å². The average molecular weight is 322 g/mol. The lowest BCUT2D eigenvalue weighted by Gasteiger charge is -2.43. The summed E-state index contributed by atoms with van der Waals surface area (Å²) in [5.74, 6) is -0.139. The molecule has 5 nitrogen and oxygen atoms in total. The van der Waals surface area contributed by atoms with Crippen molar-refractivity contribution in [1.29, 1.82) is 0 Å². The maximum atomic E-state index is 11.6. The lowest BCUT2D eigenvalue weighted by atomic mass is 9.84. The average Bonchev–Trinajstić information content (AvgIpc) is 2.58. The SMILES string of the molecule is COC(=O)C[C@H]1O[C@H](OC)[C@@H](C)[C@@H](OCc2ccccc2)[C@H]1C. The smallest absolute Gasteiger partial charge is 0.308 e. The predicted molar refractivity (Wildman–Crippen MR) is 85.7 cm³/mol. The van der Waals surface area contributed by atoms with E-state index in [0.29, 0.717) is 6.61 Å². The Hall–Kier alpha value is -1.43. The van der Waals surface area contributed by atoms with E-state index >= 15 is 0 Å². The van der Waals surface area contributed by atoms with E-state index in [2.05, 4.69) is 6.92 Å². The van der Waals surface area contributed by atoms with Gasteiger partial charge in [0.15, 0.2) is 6.29 Å². The standard InChI is InChI=1S/C18H26O5/c1-12-15(10-16(19)20-3)23-18(21-4)13(2)17(12)22-11-14-8-6-5-7-9-14/h5-9,12-13,15,17-18H,10-11H2,1-4H3/t12-,13-,15+,17-,18-/m0/s1. The Labute approximate surface area is 137 Å². The molecule has 0 aromatic heterocycles. The predicted octanol–water partition coefficient (Wildman–Crippen LogP) is 2.78. The number of hydrogen-bond donors (Lipinski definition) is 0. The van der Waals surface area contributed by atoms with Crippen molar-refractivity contribution in [2.45, 2.75) is 45.4 Å². The number of carbonyl (C=O) groups is 1. The highest BCUT2D eigenvalue weighted by Gasteiger charge is 2.43. The summed E-state index contributed by atoms with van der Waals surface area (Å²) < 4.78 is 22.3. The van der Waals surface area contributed by atoms with Gasteiger partial charge in [0.2, 0.25) is 0 Å². The van der Waals surface area contributed by atoms with Crippen LogP contribution in [0.5, 0.6) is 0 Å². The van der Waals surface area contributed by atoms with E-state index in [1.807, 2.05) is 37.3 Å². The van der Waals surface area contributed by atoms with Crippen LogP contribution in [0.1, 0.15) is 25.8 Å². The number of carbonyl (C=O) groups excluding carboxylic acids is 1. The number of ether oxygens (including phenoxy) is 4. The van der Waals surface area contributed by atoms with Gasteiger partial charge in [0.25, 0.3) is 0 Å². The second-order valence-corrected chi connectivity index (χ2v) is 6.04. The maximum Gasteiger partial charge on any atom is 0.308 e. The van der Waals surface area contributed by atoms with E-state index < -0.39 is 0 Å². The van der Waals surface area contributed by atoms with Gasteiger partial charge in [0.1, 0.15) is 0 Å². The van der Waals surface area contributed by atoms with Gasteiger partial charge in [-0.15, -0.1) is 0 Å². The summed E-state index contributed by atoms with van der Waals surface area (Å²) in [5, 5.41) is 0. The van der Waals surface area contributed by atoms with Crippen molar-refractivity contribution >= 4 is 5.97 Å². The molecule has 1 aromatic rings. The first-order valence-corrected chi connectivity index (χ1v) is 7.97. The van der Waals surface area contributed by atoms with Crippen molar-refractivity contribution in [3.63, 3.8) is 0 Å². The highest BCUT2D eigenvalue weighted by molar-refractivity contribution is 5.69. The fourth-order valence-corrected chi connectivity index (χ4v) is 3.09. The van der Waals surface area contributed by atoms with E-state index in [0.717, 1.165) is 5.56 Å². The van der Waals surface area contributed by atoms with Crippen LogP contribution in [-0.4, -0.2) is 38.7 Å². The molecule has 5 atom stereocenters. The molecule has 0 N–H and O–H groups in total. The van der Waals surface area contributed by atoms with Gasteiger partial charge in [-0.05, 0) is 5.56 Å². The third-order valence-corrected chi connectivity index (χ3v) is 4.47. The summed E-state index contributed by atoms with van der Waals surface area (Å²) >= 11 is 0. The molecule has 1 aliphatic heterocycles. The first-order valence-electron chi connectivity index (χ1n) is 7.97. The first kappa shape index (κ1) is 17.9. The molecule has 0 bridgehead atoms. The Balaban J connectivity index is 2.05. The third kappa shape index (κ3) is 4.53. The van der Waals surface area contributed by atoms with Gasteiger partial charge in [0.05, 0.1) is 32.3 Å². The van der Waals surface area contributed by atoms with Crippen LogP contribution in [0.25, 0.3) is 0 Å². The Bertz CT molecular complexity index is 489. The minimum atomic E-state index is -0.387. The van der Waals surface area contributed by atoms with Crippen molar-refractivity contribution < 1.29 is 23.7 Å². The van der Waals surface area contributed by atoms with E-state index in [1.165, 1.54) is 7.11 Å². The Morgan fingerprint density at radius 2 is 1.83 bits per heavy atom. The first-order chi connectivity index (χ1) is 11.1. The van der Waals surface area contributed by atoms with E-state index in [4.69, 9.17) is 18.9 Å². The molecule has 2 rings (SSSR count). The number of rotatable bonds is 6. The molecule has 128 valence electrons. The minimum absolute atomic E-state index is 0.0523. The molecule has 1 aromatic carbocycles. The largest absolute Gasteiger partial charge is 0.469 e. The summed E-state index contributed by atoms with van der Waals surface area (Å²) in [5.41, 5.74) is 1.12. The van der Waals surface area contributed by atoms with Crippen molar-refractivity contribution in [3.8, 4) is 0 Å². The molecule has 1 fully saturated rings. The van der Waals surface area contributed by atoms with Gasteiger partial charge in [-0.2, -0.15) is 0 Å². The zero-order chi connectivity index (χ0) is 16.8. The fourth-order valence-electron chi connectivity index (χ4n) is 3.09. The zero-order valence-electron chi connectivity index (χ0n) is 14.2. The van der Waals surface area contributed by atoms with E-state index in [-0.39, 0.29) is 42.7 Å². The molecule has 0 spiro atoms. The van der Waals surface area contributed by atoms with E-state index in [9.17, 15) is 4.79 Å². The highest BCUT2D eigenvalue weighted by Crippen LogP contribution is 2.34. The molecule has 1 heterocycles. The molecule has 0 unspecified atom stereocenters. The topological polar surface area (TPSA) is 54.0 Å². The number of methoxy groups -OCH3 is 2. The third-order valence-electron chi connectivity index (χ3n) is 4.47. The molecule has 1 saturated heterocycles. The van der Waals surface area contributed by atoms with Gasteiger partial charge < -0.3 is 18.9 Å². The highest BCUT2D eigenvalue weighted by atomic mass is 16.7. The van der Waals surface area contributed by atoms with Crippen LogP contribution in [0.4, 0.5) is 0 Å². The summed E-state index contributed by atoms with van der Waals surface area (Å²) in [4.78, 5) is 11.6. The Morgan fingerprint density at radius 1 is 1.13 bits per heavy atom. The molecule has 23 heavy (non-hydrogen) atoms. The monoisotopic (exact) mass is 322 g/mol. The Morgan fingerprint density at radius 3 is 2.43 bits per heavy atom. The zero-order valence-corrected chi connectivity index (χ0v) is 14.2. The molecular formula is C18H26O5. The minimum Gasteiger partial charge on any atom is -0.469 e. The van der Waals surface area contributed by atoms with Crippen molar-refractivity contribution in [1.82, 2.24) is 0 Å².